The van der Waals surface area contributed by atoms with Gasteiger partial charge in [-0.05, 0) is 24.1 Å². The summed E-state index contributed by atoms with van der Waals surface area (Å²) >= 11 is 5.96. The summed E-state index contributed by atoms with van der Waals surface area (Å²) in [5, 5.41) is 4.07. The zero-order valence-corrected chi connectivity index (χ0v) is 11.5. The van der Waals surface area contributed by atoms with E-state index in [4.69, 9.17) is 11.6 Å². The minimum Gasteiger partial charge on any atom is -0.356 e. The fourth-order valence-corrected chi connectivity index (χ4v) is 1.82. The summed E-state index contributed by atoms with van der Waals surface area (Å²) in [5.41, 5.74) is 1.18. The Hall–Kier alpha value is -1.22. The molecule has 0 bridgehead atoms. The topological polar surface area (TPSA) is 27.6 Å². The Labute approximate surface area is 108 Å². The lowest BCUT2D eigenvalue weighted by Crippen LogP contribution is -2.38. The molecular weight excluding hydrogens is 234 g/mol. The van der Waals surface area contributed by atoms with E-state index in [1.165, 1.54) is 5.56 Å². The molecule has 0 fully saturated rings. The van der Waals surface area contributed by atoms with E-state index in [1.54, 1.807) is 7.05 Å². The van der Waals surface area contributed by atoms with E-state index in [1.807, 2.05) is 25.2 Å². The number of halogens is 1. The number of guanidine groups is 1. The van der Waals surface area contributed by atoms with E-state index in [2.05, 4.69) is 28.2 Å². The summed E-state index contributed by atoms with van der Waals surface area (Å²) in [7, 11) is 3.82. The largest absolute Gasteiger partial charge is 0.356 e. The van der Waals surface area contributed by atoms with Gasteiger partial charge in [-0.3, -0.25) is 4.99 Å². The zero-order chi connectivity index (χ0) is 12.7. The average molecular weight is 254 g/mol. The van der Waals surface area contributed by atoms with Gasteiger partial charge >= 0.3 is 0 Å². The van der Waals surface area contributed by atoms with Gasteiger partial charge in [-0.2, -0.15) is 0 Å². The van der Waals surface area contributed by atoms with Crippen molar-refractivity contribution in [2.75, 3.05) is 20.6 Å². The van der Waals surface area contributed by atoms with Gasteiger partial charge in [0.25, 0.3) is 0 Å². The van der Waals surface area contributed by atoms with E-state index >= 15 is 0 Å². The molecule has 1 rings (SSSR count). The smallest absolute Gasteiger partial charge is 0.193 e. The average Bonchev–Trinajstić information content (AvgIpc) is 2.30. The van der Waals surface area contributed by atoms with E-state index < -0.39 is 0 Å². The maximum atomic E-state index is 5.96. The number of nitrogens with one attached hydrogen (secondary N) is 1. The summed E-state index contributed by atoms with van der Waals surface area (Å²) in [6.45, 7) is 3.87. The lowest BCUT2D eigenvalue weighted by atomic mass is 10.2. The Kier molecular flexibility index (Phi) is 5.84. The first-order valence-electron chi connectivity index (χ1n) is 5.83. The number of benzene rings is 1. The van der Waals surface area contributed by atoms with Crippen molar-refractivity contribution < 1.29 is 0 Å². The molecular formula is C13H20ClN3. The van der Waals surface area contributed by atoms with Crippen LogP contribution in [0, 0.1) is 0 Å². The molecule has 0 atom stereocenters. The molecule has 3 nitrogen and oxygen atoms in total. The van der Waals surface area contributed by atoms with Gasteiger partial charge in [-0.1, -0.05) is 30.7 Å². The highest BCUT2D eigenvalue weighted by molar-refractivity contribution is 6.30. The SMILES string of the molecule is CCCNC(=NC)N(C)Cc1cccc(Cl)c1. The second-order valence-corrected chi connectivity index (χ2v) is 4.40. The molecule has 0 aromatic heterocycles. The van der Waals surface area contributed by atoms with Crippen molar-refractivity contribution >= 4 is 17.6 Å². The Bertz CT molecular complexity index is 377. The van der Waals surface area contributed by atoms with Crippen LogP contribution in [-0.4, -0.2) is 31.5 Å². The van der Waals surface area contributed by atoms with Crippen LogP contribution in [0.2, 0.25) is 5.02 Å². The van der Waals surface area contributed by atoms with E-state index in [-0.39, 0.29) is 0 Å². The van der Waals surface area contributed by atoms with Crippen LogP contribution in [-0.2, 0) is 6.54 Å². The first-order chi connectivity index (χ1) is 8.17. The maximum Gasteiger partial charge on any atom is 0.193 e. The van der Waals surface area contributed by atoms with Gasteiger partial charge in [-0.25, -0.2) is 0 Å². The molecule has 1 N–H and O–H groups in total. The normalized spacial score (nSPS) is 11.4. The van der Waals surface area contributed by atoms with Gasteiger partial charge in [0.15, 0.2) is 5.96 Å². The van der Waals surface area contributed by atoms with Crippen LogP contribution < -0.4 is 5.32 Å². The number of nitrogens with zero attached hydrogens (tertiary/aromatic N) is 2. The van der Waals surface area contributed by atoms with Crippen LogP contribution in [0.4, 0.5) is 0 Å². The van der Waals surface area contributed by atoms with E-state index in [9.17, 15) is 0 Å². The monoisotopic (exact) mass is 253 g/mol. The van der Waals surface area contributed by atoms with Gasteiger partial charge < -0.3 is 10.2 Å². The highest BCUT2D eigenvalue weighted by atomic mass is 35.5. The fourth-order valence-electron chi connectivity index (χ4n) is 1.61. The molecule has 0 saturated carbocycles. The minimum atomic E-state index is 0.771. The summed E-state index contributed by atoms with van der Waals surface area (Å²) in [5.74, 6) is 0.909. The number of hydrogen-bond donors (Lipinski definition) is 1. The molecule has 0 radical (unpaired) electrons. The number of aliphatic imine (C=N–C) groups is 1. The van der Waals surface area contributed by atoms with Crippen molar-refractivity contribution in [3.8, 4) is 0 Å². The van der Waals surface area contributed by atoms with Crippen LogP contribution in [0.25, 0.3) is 0 Å². The molecule has 1 aromatic rings. The molecule has 17 heavy (non-hydrogen) atoms. The summed E-state index contributed by atoms with van der Waals surface area (Å²) in [6.07, 6.45) is 1.09. The first kappa shape index (κ1) is 13.8. The molecule has 0 saturated heterocycles. The molecule has 4 heteroatoms. The number of rotatable bonds is 4. The maximum absolute atomic E-state index is 5.96. The quantitative estimate of drug-likeness (QED) is 0.660. The predicted octanol–water partition coefficient (Wildman–Crippen LogP) is 2.76. The standard InChI is InChI=1S/C13H20ClN3/c1-4-8-16-13(15-2)17(3)10-11-6-5-7-12(14)9-11/h5-7,9H,4,8,10H2,1-3H3,(H,15,16). The van der Waals surface area contributed by atoms with E-state index in [0.717, 1.165) is 30.5 Å². The van der Waals surface area contributed by atoms with Gasteiger partial charge in [0.2, 0.25) is 0 Å². The van der Waals surface area contributed by atoms with Crippen molar-refractivity contribution in [3.05, 3.63) is 34.9 Å². The lowest BCUT2D eigenvalue weighted by Gasteiger charge is -2.22. The van der Waals surface area contributed by atoms with Crippen molar-refractivity contribution in [3.63, 3.8) is 0 Å². The lowest BCUT2D eigenvalue weighted by molar-refractivity contribution is 0.477. The third-order valence-electron chi connectivity index (χ3n) is 2.42. The van der Waals surface area contributed by atoms with Crippen LogP contribution in [0.3, 0.4) is 0 Å². The molecule has 0 aliphatic carbocycles. The Morgan fingerprint density at radius 3 is 2.82 bits per heavy atom. The van der Waals surface area contributed by atoms with Crippen LogP contribution in [0.1, 0.15) is 18.9 Å². The fraction of sp³-hybridized carbons (Fsp3) is 0.462. The van der Waals surface area contributed by atoms with Crippen LogP contribution in [0.15, 0.2) is 29.3 Å². The predicted molar refractivity (Wildman–Crippen MR) is 74.6 cm³/mol. The number of hydrogen-bond acceptors (Lipinski definition) is 1. The summed E-state index contributed by atoms with van der Waals surface area (Å²) in [4.78, 5) is 6.33. The van der Waals surface area contributed by atoms with Gasteiger partial charge in [0, 0.05) is 32.2 Å². The Morgan fingerprint density at radius 1 is 1.47 bits per heavy atom. The second kappa shape index (κ2) is 7.17. The Balaban J connectivity index is 2.61. The molecule has 0 aliphatic heterocycles. The highest BCUT2D eigenvalue weighted by Crippen LogP contribution is 2.12. The van der Waals surface area contributed by atoms with Crippen molar-refractivity contribution in [1.29, 1.82) is 0 Å². The van der Waals surface area contributed by atoms with Crippen molar-refractivity contribution in [2.24, 2.45) is 4.99 Å². The first-order valence-corrected chi connectivity index (χ1v) is 6.21. The summed E-state index contributed by atoms with van der Waals surface area (Å²) in [6, 6.07) is 7.89. The zero-order valence-electron chi connectivity index (χ0n) is 10.7. The molecule has 0 amide bonds. The second-order valence-electron chi connectivity index (χ2n) is 3.96. The van der Waals surface area contributed by atoms with Crippen LogP contribution in [0.5, 0.6) is 0 Å². The van der Waals surface area contributed by atoms with Gasteiger partial charge in [-0.15, -0.1) is 0 Å². The molecule has 0 unspecified atom stereocenters. The van der Waals surface area contributed by atoms with Crippen LogP contribution >= 0.6 is 11.6 Å². The molecule has 0 heterocycles. The molecule has 0 aliphatic rings. The molecule has 0 spiro atoms. The van der Waals surface area contributed by atoms with Gasteiger partial charge in [0.1, 0.15) is 0 Å². The minimum absolute atomic E-state index is 0.771. The Morgan fingerprint density at radius 2 is 2.24 bits per heavy atom. The van der Waals surface area contributed by atoms with Crippen molar-refractivity contribution in [2.45, 2.75) is 19.9 Å². The third-order valence-corrected chi connectivity index (χ3v) is 2.65. The van der Waals surface area contributed by atoms with E-state index in [0.29, 0.717) is 0 Å². The summed E-state index contributed by atoms with van der Waals surface area (Å²) < 4.78 is 0. The van der Waals surface area contributed by atoms with Crippen molar-refractivity contribution in [1.82, 2.24) is 10.2 Å². The molecule has 1 aromatic carbocycles. The van der Waals surface area contributed by atoms with Gasteiger partial charge in [0.05, 0.1) is 0 Å². The highest BCUT2D eigenvalue weighted by Gasteiger charge is 2.05. The molecule has 94 valence electrons. The third kappa shape index (κ3) is 4.65.